The summed E-state index contributed by atoms with van der Waals surface area (Å²) in [6, 6.07) is 0. The van der Waals surface area contributed by atoms with E-state index < -0.39 is 149 Å². The highest BCUT2D eigenvalue weighted by Crippen LogP contribution is 2.34. The molecule has 0 bridgehead atoms. The molecule has 0 aromatic rings. The van der Waals surface area contributed by atoms with Crippen LogP contribution in [0.5, 0.6) is 0 Å². The first-order chi connectivity index (χ1) is 22.7. The van der Waals surface area contributed by atoms with Gasteiger partial charge in [-0.2, -0.15) is 0 Å². The number of methoxy groups -OCH3 is 2. The maximum atomic E-state index is 12.2. The third-order valence-corrected chi connectivity index (χ3v) is 8.63. The molecule has 12 N–H and O–H groups in total. The molecule has 22 heteroatoms. The van der Waals surface area contributed by atoms with Gasteiger partial charge < -0.3 is 104 Å². The SMILES string of the molecule is CO[C@@H]1OC(CO)[C@@H](O[C@@H]2OC(C(=O)O)[C@@H](O[C@H]3OC(CO)[C@H](O[C@H]4OC(CO)[C@@H](OC)[C@H](O)C4O)[C@H](O)C3O)[C@H](O)C2O)[C@H](O)C1O. The predicted octanol–water partition coefficient (Wildman–Crippen LogP) is -8.35. The van der Waals surface area contributed by atoms with Crippen molar-refractivity contribution >= 4 is 5.97 Å². The van der Waals surface area contributed by atoms with Crippen molar-refractivity contribution < 1.29 is 109 Å². The van der Waals surface area contributed by atoms with Gasteiger partial charge in [0.15, 0.2) is 31.3 Å². The summed E-state index contributed by atoms with van der Waals surface area (Å²) >= 11 is 0. The molecule has 0 radical (unpaired) electrons. The lowest BCUT2D eigenvalue weighted by Gasteiger charge is -2.48. The van der Waals surface area contributed by atoms with Crippen LogP contribution in [-0.2, 0) is 47.4 Å². The minimum absolute atomic E-state index is 0.671. The number of hydrogen-bond donors (Lipinski definition) is 12. The van der Waals surface area contributed by atoms with Crippen molar-refractivity contribution in [2.45, 2.75) is 123 Å². The highest BCUT2D eigenvalue weighted by Gasteiger charge is 2.56. The summed E-state index contributed by atoms with van der Waals surface area (Å²) in [6.45, 7) is -2.39. The van der Waals surface area contributed by atoms with Gasteiger partial charge in [-0.3, -0.25) is 0 Å². The summed E-state index contributed by atoms with van der Waals surface area (Å²) in [7, 11) is 2.36. The van der Waals surface area contributed by atoms with E-state index in [1.54, 1.807) is 0 Å². The highest BCUT2D eigenvalue weighted by molar-refractivity contribution is 5.73. The summed E-state index contributed by atoms with van der Waals surface area (Å²) in [6.07, 6.45) is -35.3. The summed E-state index contributed by atoms with van der Waals surface area (Å²) in [5, 5.41) is 124. The lowest BCUT2D eigenvalue weighted by atomic mass is 9.95. The monoisotopic (exact) mass is 708 g/mol. The Bertz CT molecular complexity index is 1020. The number of carboxylic acid groups (broad SMARTS) is 1. The Morgan fingerprint density at radius 3 is 1.21 bits per heavy atom. The molecule has 4 heterocycles. The van der Waals surface area contributed by atoms with Crippen LogP contribution in [0.3, 0.4) is 0 Å². The number of hydrogen-bond acceptors (Lipinski definition) is 21. The average molecular weight is 709 g/mol. The molecule has 0 amide bonds. The first kappa shape index (κ1) is 39.5. The van der Waals surface area contributed by atoms with Gasteiger partial charge in [0, 0.05) is 14.2 Å². The number of carboxylic acids is 1. The molecule has 4 saturated heterocycles. The van der Waals surface area contributed by atoms with E-state index in [9.17, 15) is 66.1 Å². The Balaban J connectivity index is 1.46. The second kappa shape index (κ2) is 16.8. The third kappa shape index (κ3) is 7.78. The van der Waals surface area contributed by atoms with Gasteiger partial charge in [0.05, 0.1) is 19.8 Å². The molecule has 8 unspecified atom stereocenters. The van der Waals surface area contributed by atoms with Crippen molar-refractivity contribution in [2.24, 2.45) is 0 Å². The highest BCUT2D eigenvalue weighted by atomic mass is 16.8. The molecule has 22 nitrogen and oxygen atoms in total. The van der Waals surface area contributed by atoms with Crippen LogP contribution >= 0.6 is 0 Å². The van der Waals surface area contributed by atoms with Crippen molar-refractivity contribution in [2.75, 3.05) is 34.0 Å². The Kier molecular flexibility index (Phi) is 13.8. The van der Waals surface area contributed by atoms with Crippen molar-refractivity contribution in [3.63, 3.8) is 0 Å². The molecule has 4 aliphatic heterocycles. The maximum Gasteiger partial charge on any atom is 0.335 e. The van der Waals surface area contributed by atoms with Crippen LogP contribution in [-0.4, -0.2) is 224 Å². The van der Waals surface area contributed by atoms with E-state index >= 15 is 0 Å². The zero-order chi connectivity index (χ0) is 35.6. The van der Waals surface area contributed by atoms with E-state index in [-0.39, 0.29) is 0 Å². The van der Waals surface area contributed by atoms with Crippen LogP contribution < -0.4 is 0 Å². The molecule has 4 rings (SSSR count). The van der Waals surface area contributed by atoms with E-state index in [1.165, 1.54) is 7.11 Å². The molecular weight excluding hydrogens is 664 g/mol. The van der Waals surface area contributed by atoms with Crippen LogP contribution in [0.1, 0.15) is 0 Å². The van der Waals surface area contributed by atoms with Crippen LogP contribution in [0.25, 0.3) is 0 Å². The number of ether oxygens (including phenoxy) is 9. The molecule has 4 aliphatic rings. The van der Waals surface area contributed by atoms with Crippen molar-refractivity contribution in [3.8, 4) is 0 Å². The standard InChI is InChI=1S/C26H44O22/c1-40-17-6(3-27)43-24(14(35)9(17)30)45-19-8(5-29)44-25(15(36)11(19)32)47-20-12(33)16(37)26(48-21(20)22(38)39)46-18-7(4-28)42-23(41-2)13(34)10(18)31/h6-21,23-37H,3-5H2,1-2H3,(H,38,39)/t6?,7?,8?,9-,10-,11-,12-,13?,14?,15?,16?,17-,18-,19+,20+,21?,23-,24-,25-,26-/m1/s1. The Labute approximate surface area is 272 Å². The lowest BCUT2D eigenvalue weighted by Crippen LogP contribution is -2.68. The number of carbonyl (C=O) groups is 1. The first-order valence-electron chi connectivity index (χ1n) is 14.9. The zero-order valence-corrected chi connectivity index (χ0v) is 25.6. The quantitative estimate of drug-likeness (QED) is 0.0895. The van der Waals surface area contributed by atoms with E-state index in [1.807, 2.05) is 0 Å². The fraction of sp³-hybridized carbons (Fsp3) is 0.962. The lowest BCUT2D eigenvalue weighted by molar-refractivity contribution is -0.384. The second-order valence-corrected chi connectivity index (χ2v) is 11.6. The number of aliphatic hydroxyl groups is 11. The van der Waals surface area contributed by atoms with E-state index in [4.69, 9.17) is 42.6 Å². The Morgan fingerprint density at radius 2 is 0.812 bits per heavy atom. The van der Waals surface area contributed by atoms with Gasteiger partial charge in [0.25, 0.3) is 0 Å². The normalized spacial score (nSPS) is 50.3. The van der Waals surface area contributed by atoms with Gasteiger partial charge >= 0.3 is 5.97 Å². The molecule has 0 saturated carbocycles. The third-order valence-electron chi connectivity index (χ3n) is 8.63. The fourth-order valence-corrected chi connectivity index (χ4v) is 5.97. The zero-order valence-electron chi connectivity index (χ0n) is 25.6. The van der Waals surface area contributed by atoms with Crippen LogP contribution in [0.15, 0.2) is 0 Å². The molecule has 280 valence electrons. The first-order valence-corrected chi connectivity index (χ1v) is 14.9. The minimum Gasteiger partial charge on any atom is -0.479 e. The van der Waals surface area contributed by atoms with E-state index in [2.05, 4.69) is 0 Å². The van der Waals surface area contributed by atoms with Gasteiger partial charge in [-0.25, -0.2) is 4.79 Å². The minimum atomic E-state index is -2.18. The van der Waals surface area contributed by atoms with Gasteiger partial charge in [-0.05, 0) is 0 Å². The molecule has 48 heavy (non-hydrogen) atoms. The van der Waals surface area contributed by atoms with Crippen molar-refractivity contribution in [3.05, 3.63) is 0 Å². The average Bonchev–Trinajstić information content (AvgIpc) is 3.07. The van der Waals surface area contributed by atoms with Crippen molar-refractivity contribution in [1.82, 2.24) is 0 Å². The van der Waals surface area contributed by atoms with Gasteiger partial charge in [0.1, 0.15) is 91.6 Å². The fourth-order valence-electron chi connectivity index (χ4n) is 5.97. The molecular formula is C26H44O22. The van der Waals surface area contributed by atoms with Gasteiger partial charge in [-0.15, -0.1) is 0 Å². The number of aliphatic hydroxyl groups excluding tert-OH is 11. The van der Waals surface area contributed by atoms with Gasteiger partial charge in [-0.1, -0.05) is 0 Å². The maximum absolute atomic E-state index is 12.2. The van der Waals surface area contributed by atoms with Gasteiger partial charge in [0.2, 0.25) is 0 Å². The van der Waals surface area contributed by atoms with Crippen LogP contribution in [0, 0.1) is 0 Å². The smallest absolute Gasteiger partial charge is 0.335 e. The molecule has 0 aliphatic carbocycles. The summed E-state index contributed by atoms with van der Waals surface area (Å²) < 4.78 is 48.0. The summed E-state index contributed by atoms with van der Waals surface area (Å²) in [5.41, 5.74) is 0. The molecule has 4 fully saturated rings. The predicted molar refractivity (Wildman–Crippen MR) is 144 cm³/mol. The second-order valence-electron chi connectivity index (χ2n) is 11.6. The molecule has 0 aromatic heterocycles. The van der Waals surface area contributed by atoms with Crippen molar-refractivity contribution in [1.29, 1.82) is 0 Å². The topological polar surface area (TPSA) is 343 Å². The van der Waals surface area contributed by atoms with Crippen LogP contribution in [0.4, 0.5) is 0 Å². The molecule has 0 spiro atoms. The van der Waals surface area contributed by atoms with E-state index in [0.717, 1.165) is 7.11 Å². The van der Waals surface area contributed by atoms with Crippen LogP contribution in [0.2, 0.25) is 0 Å². The molecule has 20 atom stereocenters. The summed E-state index contributed by atoms with van der Waals surface area (Å²) in [4.78, 5) is 12.2. The molecule has 0 aromatic carbocycles. The Hall–Kier alpha value is -1.33. The Morgan fingerprint density at radius 1 is 0.479 bits per heavy atom. The number of aliphatic carboxylic acids is 1. The summed E-state index contributed by atoms with van der Waals surface area (Å²) in [5.74, 6) is -1.78. The largest absolute Gasteiger partial charge is 0.479 e. The number of rotatable bonds is 12. The van der Waals surface area contributed by atoms with E-state index in [0.29, 0.717) is 0 Å².